The molecule has 0 radical (unpaired) electrons. The highest BCUT2D eigenvalue weighted by atomic mass is 32.2. The molecule has 1 aliphatic rings. The Labute approximate surface area is 110 Å². The summed E-state index contributed by atoms with van der Waals surface area (Å²) in [6.07, 6.45) is 0. The lowest BCUT2D eigenvalue weighted by Gasteiger charge is -2.29. The van der Waals surface area contributed by atoms with Crippen LogP contribution in [-0.2, 0) is 16.0 Å². The monoisotopic (exact) mass is 266 g/mol. The number of para-hydroxylation sites is 1. The van der Waals surface area contributed by atoms with Crippen LogP contribution in [0.2, 0.25) is 0 Å². The molecule has 1 aromatic rings. The number of benzene rings is 1. The first-order valence-electron chi connectivity index (χ1n) is 5.90. The average Bonchev–Trinajstić information content (AvgIpc) is 2.55. The van der Waals surface area contributed by atoms with Crippen LogP contribution >= 0.6 is 0 Å². The third-order valence-corrected chi connectivity index (χ3v) is 4.70. The molecule has 0 bridgehead atoms. The lowest BCUT2D eigenvalue weighted by molar-refractivity contribution is -0.117. The van der Waals surface area contributed by atoms with Crippen LogP contribution in [0.3, 0.4) is 0 Å². The van der Waals surface area contributed by atoms with Crippen LogP contribution in [0.15, 0.2) is 24.3 Å². The van der Waals surface area contributed by atoms with Gasteiger partial charge in [0.15, 0.2) is 0 Å². The van der Waals surface area contributed by atoms with E-state index in [1.54, 1.807) is 4.31 Å². The molecule has 0 aliphatic carbocycles. The second kappa shape index (κ2) is 4.48. The van der Waals surface area contributed by atoms with Crippen LogP contribution in [-0.4, -0.2) is 26.5 Å². The van der Waals surface area contributed by atoms with Crippen LogP contribution in [0.5, 0.6) is 0 Å². The van der Waals surface area contributed by atoms with Crippen molar-refractivity contribution < 1.29 is 9.00 Å². The Hall–Kier alpha value is -1.20. The highest BCUT2D eigenvalue weighted by molar-refractivity contribution is 7.85. The third kappa shape index (κ3) is 2.20. The van der Waals surface area contributed by atoms with Gasteiger partial charge in [-0.15, -0.1) is 0 Å². The van der Waals surface area contributed by atoms with Gasteiger partial charge < -0.3 is 0 Å². The summed E-state index contributed by atoms with van der Waals surface area (Å²) in [5, 5.41) is 0. The minimum Gasteiger partial charge on any atom is -0.272 e. The number of anilines is 1. The van der Waals surface area contributed by atoms with E-state index in [9.17, 15) is 9.00 Å². The molecule has 1 atom stereocenters. The molecule has 0 saturated carbocycles. The Morgan fingerprint density at radius 1 is 1.22 bits per heavy atom. The molecule has 0 spiro atoms. The van der Waals surface area contributed by atoms with E-state index in [1.807, 2.05) is 52.0 Å². The highest BCUT2D eigenvalue weighted by Gasteiger charge is 2.42. The van der Waals surface area contributed by atoms with Gasteiger partial charge in [0.1, 0.15) is 0 Å². The molecule has 1 saturated heterocycles. The number of carbonyl (C=O) groups excluding carboxylic acids is 1. The van der Waals surface area contributed by atoms with Crippen LogP contribution in [0.4, 0.5) is 5.69 Å². The van der Waals surface area contributed by atoms with Crippen molar-refractivity contribution in [1.82, 2.24) is 4.31 Å². The predicted molar refractivity (Wildman–Crippen MR) is 73.3 cm³/mol. The number of amides is 1. The Bertz CT molecular complexity index is 508. The fourth-order valence-corrected chi connectivity index (χ4v) is 3.40. The number of hydrogen-bond acceptors (Lipinski definition) is 2. The molecule has 2 rings (SSSR count). The molecule has 1 amide bonds. The zero-order valence-electron chi connectivity index (χ0n) is 11.1. The molecule has 0 N–H and O–H groups in total. The fourth-order valence-electron chi connectivity index (χ4n) is 1.91. The van der Waals surface area contributed by atoms with Gasteiger partial charge in [0, 0.05) is 5.54 Å². The van der Waals surface area contributed by atoms with Crippen LogP contribution in [0.25, 0.3) is 0 Å². The van der Waals surface area contributed by atoms with Gasteiger partial charge >= 0.3 is 0 Å². The van der Waals surface area contributed by atoms with Gasteiger partial charge in [0.05, 0.1) is 12.2 Å². The van der Waals surface area contributed by atoms with Crippen LogP contribution < -0.4 is 4.31 Å². The van der Waals surface area contributed by atoms with E-state index in [-0.39, 0.29) is 18.0 Å². The molecular formula is C13H18N2O2S. The zero-order chi connectivity index (χ0) is 13.5. The maximum absolute atomic E-state index is 12.5. The van der Waals surface area contributed by atoms with Gasteiger partial charge in [-0.05, 0) is 39.3 Å². The topological polar surface area (TPSA) is 40.6 Å². The van der Waals surface area contributed by atoms with Crippen molar-refractivity contribution in [1.29, 1.82) is 0 Å². The molecule has 4 nitrogen and oxygen atoms in total. The van der Waals surface area contributed by atoms with Crippen LogP contribution in [0.1, 0.15) is 26.3 Å². The largest absolute Gasteiger partial charge is 0.272 e. The molecule has 18 heavy (non-hydrogen) atoms. The number of hydrogen-bond donors (Lipinski definition) is 0. The van der Waals surface area contributed by atoms with Crippen molar-refractivity contribution in [2.45, 2.75) is 33.2 Å². The first kappa shape index (κ1) is 13.2. The first-order valence-corrected chi connectivity index (χ1v) is 6.97. The maximum Gasteiger partial charge on any atom is 0.255 e. The summed E-state index contributed by atoms with van der Waals surface area (Å²) in [6.45, 7) is 7.99. The van der Waals surface area contributed by atoms with Crippen molar-refractivity contribution in [3.8, 4) is 0 Å². The van der Waals surface area contributed by atoms with Gasteiger partial charge in [0.2, 0.25) is 11.2 Å². The molecule has 0 aromatic heterocycles. The van der Waals surface area contributed by atoms with E-state index >= 15 is 0 Å². The van der Waals surface area contributed by atoms with Crippen molar-refractivity contribution in [2.75, 3.05) is 10.8 Å². The van der Waals surface area contributed by atoms with Gasteiger partial charge in [-0.2, -0.15) is 4.31 Å². The van der Waals surface area contributed by atoms with Gasteiger partial charge in [-0.25, -0.2) is 8.51 Å². The molecule has 1 aliphatic heterocycles. The Balaban J connectivity index is 2.40. The van der Waals surface area contributed by atoms with Crippen molar-refractivity contribution in [3.05, 3.63) is 29.8 Å². The summed E-state index contributed by atoms with van der Waals surface area (Å²) in [5.41, 5.74) is 1.39. The summed E-state index contributed by atoms with van der Waals surface area (Å²) in [5.74, 6) is -0.113. The summed E-state index contributed by atoms with van der Waals surface area (Å²) in [7, 11) is 0. The molecule has 5 heteroatoms. The molecular weight excluding hydrogens is 248 g/mol. The highest BCUT2D eigenvalue weighted by Crippen LogP contribution is 2.30. The predicted octanol–water partition coefficient (Wildman–Crippen LogP) is 2.02. The van der Waals surface area contributed by atoms with Crippen molar-refractivity contribution in [2.24, 2.45) is 0 Å². The number of nitrogens with zero attached hydrogens (tertiary/aromatic N) is 2. The molecule has 1 aromatic carbocycles. The first-order chi connectivity index (χ1) is 8.32. The fraction of sp³-hybridized carbons (Fsp3) is 0.462. The number of rotatable bonds is 1. The van der Waals surface area contributed by atoms with Crippen molar-refractivity contribution >= 4 is 22.8 Å². The average molecular weight is 266 g/mol. The minimum atomic E-state index is -1.44. The smallest absolute Gasteiger partial charge is 0.255 e. The Kier molecular flexibility index (Phi) is 3.29. The van der Waals surface area contributed by atoms with E-state index in [4.69, 9.17) is 0 Å². The third-order valence-electron chi connectivity index (χ3n) is 2.93. The van der Waals surface area contributed by atoms with E-state index in [0.29, 0.717) is 0 Å². The quantitative estimate of drug-likeness (QED) is 0.780. The van der Waals surface area contributed by atoms with Gasteiger partial charge in [-0.1, -0.05) is 18.2 Å². The molecule has 1 heterocycles. The lowest BCUT2D eigenvalue weighted by atomic mass is 10.1. The standard InChI is InChI=1S/C13H18N2O2S/c1-10-7-5-6-8-11(10)15-12(16)9-14(18(15)17)13(2,3)4/h5-8H,9H2,1-4H3. The second-order valence-electron chi connectivity index (χ2n) is 5.41. The molecule has 1 unspecified atom stereocenters. The summed E-state index contributed by atoms with van der Waals surface area (Å²) in [6, 6.07) is 7.51. The minimum absolute atomic E-state index is 0.113. The van der Waals surface area contributed by atoms with Gasteiger partial charge in [-0.3, -0.25) is 4.79 Å². The van der Waals surface area contributed by atoms with Crippen LogP contribution in [0, 0.1) is 6.92 Å². The van der Waals surface area contributed by atoms with Gasteiger partial charge in [0.25, 0.3) is 5.91 Å². The normalized spacial score (nSPS) is 21.7. The Morgan fingerprint density at radius 2 is 1.83 bits per heavy atom. The molecule has 98 valence electrons. The maximum atomic E-state index is 12.5. The van der Waals surface area contributed by atoms with E-state index < -0.39 is 11.2 Å². The Morgan fingerprint density at radius 3 is 2.33 bits per heavy atom. The summed E-state index contributed by atoms with van der Waals surface area (Å²) < 4.78 is 15.6. The van der Waals surface area contributed by atoms with E-state index in [2.05, 4.69) is 0 Å². The van der Waals surface area contributed by atoms with E-state index in [0.717, 1.165) is 11.3 Å². The second-order valence-corrected chi connectivity index (χ2v) is 6.68. The summed E-state index contributed by atoms with van der Waals surface area (Å²) in [4.78, 5) is 12.1. The summed E-state index contributed by atoms with van der Waals surface area (Å²) >= 11 is -1.44. The van der Waals surface area contributed by atoms with Crippen molar-refractivity contribution in [3.63, 3.8) is 0 Å². The zero-order valence-corrected chi connectivity index (χ0v) is 12.0. The number of aryl methyl sites for hydroxylation is 1. The molecule has 1 fully saturated rings. The van der Waals surface area contributed by atoms with E-state index in [1.165, 1.54) is 4.31 Å². The number of carbonyl (C=O) groups is 1. The lowest BCUT2D eigenvalue weighted by Crippen LogP contribution is -2.41. The SMILES string of the molecule is Cc1ccccc1N1C(=O)CN(C(C)(C)C)S1=O.